The number of unbranched alkanes of at least 4 members (excludes halogenated alkanes) is 6. The minimum atomic E-state index is -1.31. The summed E-state index contributed by atoms with van der Waals surface area (Å²) in [6.07, 6.45) is 16.2. The quantitative estimate of drug-likeness (QED) is 0.177. The minimum Gasteiger partial charge on any atom is -0.481 e. The number of aliphatic carboxylic acids is 2. The Balaban J connectivity index is -0.000000438. The summed E-state index contributed by atoms with van der Waals surface area (Å²) in [4.78, 5) is 24.8. The fraction of sp³-hybridized carbons (Fsp3) is 0.929. The van der Waals surface area contributed by atoms with Crippen molar-refractivity contribution in [1.29, 1.82) is 0 Å². The van der Waals surface area contributed by atoms with E-state index < -0.39 is 17.9 Å². The molecule has 0 aromatic rings. The molecule has 0 aromatic heterocycles. The van der Waals surface area contributed by atoms with Crippen molar-refractivity contribution >= 4 is 11.9 Å². The predicted molar refractivity (Wildman–Crippen MR) is 147 cm³/mol. The van der Waals surface area contributed by atoms with Crippen LogP contribution in [0.15, 0.2) is 0 Å². The highest BCUT2D eigenvalue weighted by molar-refractivity contribution is 5.92. The van der Waals surface area contributed by atoms with E-state index in [1.165, 1.54) is 116 Å². The summed E-state index contributed by atoms with van der Waals surface area (Å²) in [6, 6.07) is 0. The Hall–Kier alpha value is -1.14. The zero-order valence-electron chi connectivity index (χ0n) is 23.9. The predicted octanol–water partition coefficient (Wildman–Crippen LogP) is 7.17. The average molecular weight is 489 g/mol. The molecule has 34 heavy (non-hydrogen) atoms. The van der Waals surface area contributed by atoms with Crippen molar-refractivity contribution in [3.63, 3.8) is 0 Å². The number of carbonyl (C=O) groups is 2. The minimum absolute atomic E-state index is 1.12. The van der Waals surface area contributed by atoms with Crippen LogP contribution >= 0.6 is 0 Å². The van der Waals surface area contributed by atoms with Crippen molar-refractivity contribution < 1.29 is 19.8 Å². The van der Waals surface area contributed by atoms with Gasteiger partial charge in [0, 0.05) is 0 Å². The van der Waals surface area contributed by atoms with E-state index >= 15 is 0 Å². The third-order valence-corrected chi connectivity index (χ3v) is 5.71. The molecule has 0 radical (unpaired) electrons. The molecule has 0 unspecified atom stereocenters. The number of carboxylic acids is 2. The summed E-state index contributed by atoms with van der Waals surface area (Å²) in [5, 5.41) is 15.9. The maximum Gasteiger partial charge on any atom is 0.317 e. The Bertz CT molecular complexity index is 357. The van der Waals surface area contributed by atoms with E-state index in [-0.39, 0.29) is 0 Å². The van der Waals surface area contributed by atoms with Gasteiger partial charge in [-0.1, -0.05) is 80.1 Å². The summed E-state index contributed by atoms with van der Waals surface area (Å²) < 4.78 is 0. The first-order valence-electron chi connectivity index (χ1n) is 14.2. The van der Waals surface area contributed by atoms with E-state index in [1.54, 1.807) is 0 Å². The molecule has 0 heterocycles. The highest BCUT2D eigenvalue weighted by atomic mass is 16.4. The Labute approximate surface area is 212 Å². The van der Waals surface area contributed by atoms with Crippen molar-refractivity contribution in [3.05, 3.63) is 0 Å². The number of hydrogen-bond acceptors (Lipinski definition) is 4. The summed E-state index contributed by atoms with van der Waals surface area (Å²) in [5.74, 6) is -3.91. The SMILES string of the molecule is CC(C(=O)O)C(=O)O.CCCCN(CCCC)CCCC.CCCCN(CCCC)CCCC. The van der Waals surface area contributed by atoms with E-state index in [0.29, 0.717) is 0 Å². The Morgan fingerprint density at radius 3 is 0.765 bits per heavy atom. The zero-order chi connectivity index (χ0) is 26.6. The molecule has 206 valence electrons. The van der Waals surface area contributed by atoms with Gasteiger partial charge in [0.05, 0.1) is 0 Å². The fourth-order valence-corrected chi connectivity index (χ4v) is 3.07. The second-order valence-electron chi connectivity index (χ2n) is 9.20. The van der Waals surface area contributed by atoms with Gasteiger partial charge in [-0.05, 0) is 84.7 Å². The van der Waals surface area contributed by atoms with Gasteiger partial charge in [-0.15, -0.1) is 0 Å². The van der Waals surface area contributed by atoms with Gasteiger partial charge in [0.25, 0.3) is 0 Å². The molecule has 0 aliphatic rings. The third-order valence-electron chi connectivity index (χ3n) is 5.71. The molecule has 0 amide bonds. The maximum atomic E-state index is 9.76. The molecular formula is C28H60N2O4. The number of rotatable bonds is 20. The highest BCUT2D eigenvalue weighted by Gasteiger charge is 2.18. The van der Waals surface area contributed by atoms with Crippen LogP contribution in [-0.2, 0) is 9.59 Å². The van der Waals surface area contributed by atoms with E-state index in [4.69, 9.17) is 10.2 Å². The van der Waals surface area contributed by atoms with E-state index in [0.717, 1.165) is 6.92 Å². The van der Waals surface area contributed by atoms with Crippen molar-refractivity contribution in [1.82, 2.24) is 9.80 Å². The molecule has 0 atom stereocenters. The van der Waals surface area contributed by atoms with Gasteiger partial charge in [0.15, 0.2) is 5.92 Å². The first-order valence-corrected chi connectivity index (χ1v) is 14.2. The molecular weight excluding hydrogens is 428 g/mol. The molecule has 0 spiro atoms. The second-order valence-corrected chi connectivity index (χ2v) is 9.20. The van der Waals surface area contributed by atoms with Gasteiger partial charge in [0.1, 0.15) is 0 Å². The van der Waals surface area contributed by atoms with E-state index in [9.17, 15) is 9.59 Å². The van der Waals surface area contributed by atoms with Crippen LogP contribution in [0.25, 0.3) is 0 Å². The lowest BCUT2D eigenvalue weighted by Gasteiger charge is -2.21. The molecule has 0 aliphatic carbocycles. The number of nitrogens with zero attached hydrogens (tertiary/aromatic N) is 2. The Kier molecular flexibility index (Phi) is 32.9. The molecule has 6 heteroatoms. The van der Waals surface area contributed by atoms with Crippen molar-refractivity contribution in [2.45, 2.75) is 126 Å². The topological polar surface area (TPSA) is 81.1 Å². The number of carboxylic acid groups (broad SMARTS) is 2. The Morgan fingerprint density at radius 2 is 0.676 bits per heavy atom. The summed E-state index contributed by atoms with van der Waals surface area (Å²) >= 11 is 0. The smallest absolute Gasteiger partial charge is 0.317 e. The van der Waals surface area contributed by atoms with Crippen LogP contribution in [0.2, 0.25) is 0 Å². The second kappa shape index (κ2) is 29.9. The lowest BCUT2D eigenvalue weighted by atomic mass is 10.2. The van der Waals surface area contributed by atoms with Gasteiger partial charge in [-0.2, -0.15) is 0 Å². The fourth-order valence-electron chi connectivity index (χ4n) is 3.07. The van der Waals surface area contributed by atoms with Gasteiger partial charge in [-0.25, -0.2) is 0 Å². The monoisotopic (exact) mass is 488 g/mol. The third kappa shape index (κ3) is 28.9. The molecule has 0 fully saturated rings. The Morgan fingerprint density at radius 1 is 0.500 bits per heavy atom. The molecule has 0 saturated carbocycles. The van der Waals surface area contributed by atoms with Crippen molar-refractivity contribution in [2.24, 2.45) is 5.92 Å². The molecule has 0 bridgehead atoms. The zero-order valence-corrected chi connectivity index (χ0v) is 23.9. The lowest BCUT2D eigenvalue weighted by molar-refractivity contribution is -0.153. The standard InChI is InChI=1S/2C12H27N.C4H6O4/c2*1-4-7-10-13(11-8-5-2)12-9-6-3;1-2(3(5)6)4(7)8/h2*4-12H2,1-3H3;2H,1H3,(H,5,6)(H,7,8). The van der Waals surface area contributed by atoms with Crippen LogP contribution in [0.4, 0.5) is 0 Å². The van der Waals surface area contributed by atoms with Gasteiger partial charge in [0.2, 0.25) is 0 Å². The first kappa shape index (κ1) is 37.4. The first-order chi connectivity index (χ1) is 16.2. The number of hydrogen-bond donors (Lipinski definition) is 2. The van der Waals surface area contributed by atoms with Crippen LogP contribution in [-0.4, -0.2) is 71.2 Å². The van der Waals surface area contributed by atoms with Crippen molar-refractivity contribution in [2.75, 3.05) is 39.3 Å². The molecule has 0 rings (SSSR count). The highest BCUT2D eigenvalue weighted by Crippen LogP contribution is 2.02. The van der Waals surface area contributed by atoms with Crippen LogP contribution in [0, 0.1) is 5.92 Å². The van der Waals surface area contributed by atoms with Gasteiger partial charge >= 0.3 is 11.9 Å². The molecule has 6 nitrogen and oxygen atoms in total. The van der Waals surface area contributed by atoms with E-state index in [1.807, 2.05) is 0 Å². The molecule has 0 aromatic carbocycles. The largest absolute Gasteiger partial charge is 0.481 e. The van der Waals surface area contributed by atoms with E-state index in [2.05, 4.69) is 51.3 Å². The average Bonchev–Trinajstić information content (AvgIpc) is 2.83. The molecule has 2 N–H and O–H groups in total. The van der Waals surface area contributed by atoms with Crippen LogP contribution < -0.4 is 0 Å². The summed E-state index contributed by atoms with van der Waals surface area (Å²) in [5.41, 5.74) is 0. The van der Waals surface area contributed by atoms with Gasteiger partial charge in [-0.3, -0.25) is 9.59 Å². The maximum absolute atomic E-state index is 9.76. The molecule has 0 saturated heterocycles. The van der Waals surface area contributed by atoms with Crippen LogP contribution in [0.1, 0.15) is 126 Å². The van der Waals surface area contributed by atoms with Crippen LogP contribution in [0.3, 0.4) is 0 Å². The summed E-state index contributed by atoms with van der Waals surface area (Å²) in [7, 11) is 0. The summed E-state index contributed by atoms with van der Waals surface area (Å²) in [6.45, 7) is 22.7. The van der Waals surface area contributed by atoms with Crippen molar-refractivity contribution in [3.8, 4) is 0 Å². The lowest BCUT2D eigenvalue weighted by Crippen LogP contribution is -2.27. The van der Waals surface area contributed by atoms with Gasteiger partial charge < -0.3 is 20.0 Å². The van der Waals surface area contributed by atoms with Crippen LogP contribution in [0.5, 0.6) is 0 Å². The normalized spacial score (nSPS) is 10.6. The molecule has 0 aliphatic heterocycles.